The first-order chi connectivity index (χ1) is 9.22. The van der Waals surface area contributed by atoms with Gasteiger partial charge < -0.3 is 8.85 Å². The second kappa shape index (κ2) is 6.52. The largest absolute Gasteiger partial charge is 0.457 e. The number of carbonyl (C=O) groups excluding carboxylic acids is 1. The monoisotopic (exact) mass is 303 g/mol. The molecule has 0 fully saturated rings. The van der Waals surface area contributed by atoms with Gasteiger partial charge in [-0.2, -0.15) is 0 Å². The Hall–Kier alpha value is -1.18. The van der Waals surface area contributed by atoms with E-state index in [1.54, 1.807) is 12.1 Å². The summed E-state index contributed by atoms with van der Waals surface area (Å²) in [6, 6.07) is 8.99. The third-order valence-corrected chi connectivity index (χ3v) is 5.37. The minimum absolute atomic E-state index is 0.191. The molecular formula is C15H19O3Si2. The van der Waals surface area contributed by atoms with Gasteiger partial charge in [-0.25, -0.2) is 4.79 Å². The molecule has 5 radical (unpaired) electrons. The zero-order valence-electron chi connectivity index (χ0n) is 12.3. The number of hydrogen-bond donors (Lipinski definition) is 0. The van der Waals surface area contributed by atoms with Gasteiger partial charge >= 0.3 is 5.97 Å². The lowest BCUT2D eigenvalue weighted by molar-refractivity contribution is -0.131. The maximum absolute atomic E-state index is 12.2. The fourth-order valence-corrected chi connectivity index (χ4v) is 2.97. The van der Waals surface area contributed by atoms with E-state index in [-0.39, 0.29) is 14.8 Å². The highest BCUT2D eigenvalue weighted by molar-refractivity contribution is 6.38. The number of benzene rings is 1. The third kappa shape index (κ3) is 3.68. The molecule has 0 aliphatic rings. The van der Waals surface area contributed by atoms with Gasteiger partial charge in [-0.05, 0) is 17.2 Å². The molecule has 3 nitrogen and oxygen atoms in total. The van der Waals surface area contributed by atoms with E-state index in [4.69, 9.17) is 8.85 Å². The Morgan fingerprint density at radius 1 is 1.20 bits per heavy atom. The van der Waals surface area contributed by atoms with Crippen molar-refractivity contribution in [2.45, 2.75) is 32.7 Å². The van der Waals surface area contributed by atoms with E-state index >= 15 is 0 Å². The zero-order valence-corrected chi connectivity index (χ0v) is 14.3. The average Bonchev–Trinajstić information content (AvgIpc) is 2.38. The molecule has 0 amide bonds. The highest BCUT2D eigenvalue weighted by Gasteiger charge is 2.43. The van der Waals surface area contributed by atoms with Crippen LogP contribution in [0.1, 0.15) is 27.7 Å². The van der Waals surface area contributed by atoms with Crippen LogP contribution in [0, 0.1) is 5.41 Å². The lowest BCUT2D eigenvalue weighted by Gasteiger charge is -2.40. The van der Waals surface area contributed by atoms with Crippen molar-refractivity contribution in [3.05, 3.63) is 42.5 Å². The minimum Gasteiger partial charge on any atom is -0.457 e. The zero-order chi connectivity index (χ0) is 15.4. The quantitative estimate of drug-likeness (QED) is 0.351. The Morgan fingerprint density at radius 2 is 1.75 bits per heavy atom. The van der Waals surface area contributed by atoms with E-state index in [1.165, 1.54) is 0 Å². The van der Waals surface area contributed by atoms with E-state index in [0.717, 1.165) is 0 Å². The normalized spacial score (nSPS) is 12.1. The van der Waals surface area contributed by atoms with Crippen molar-refractivity contribution in [2.75, 3.05) is 0 Å². The summed E-state index contributed by atoms with van der Waals surface area (Å²) < 4.78 is 10.4. The molecule has 0 saturated carbocycles. The first-order valence-electron chi connectivity index (χ1n) is 6.28. The van der Waals surface area contributed by atoms with Crippen molar-refractivity contribution in [3.63, 3.8) is 0 Å². The van der Waals surface area contributed by atoms with Gasteiger partial charge in [-0.1, -0.05) is 52.5 Å². The Morgan fingerprint density at radius 3 is 2.25 bits per heavy atom. The summed E-state index contributed by atoms with van der Waals surface area (Å²) in [5.41, 5.74) is -0.0215. The fourth-order valence-electron chi connectivity index (χ4n) is 1.54. The SMILES string of the molecule is C=C(C(=O)Oc1ccccc1)C(C)(C)C(C)(C)[Si]O[Si]. The summed E-state index contributed by atoms with van der Waals surface area (Å²) in [5.74, 6) is 0.110. The van der Waals surface area contributed by atoms with E-state index < -0.39 is 11.4 Å². The molecule has 1 aromatic carbocycles. The summed E-state index contributed by atoms with van der Waals surface area (Å²) in [6.45, 7) is 11.9. The lowest BCUT2D eigenvalue weighted by Crippen LogP contribution is -2.37. The molecule has 0 spiro atoms. The van der Waals surface area contributed by atoms with Crippen LogP contribution in [0.3, 0.4) is 0 Å². The first kappa shape index (κ1) is 16.9. The van der Waals surface area contributed by atoms with E-state index in [9.17, 15) is 4.79 Å². The van der Waals surface area contributed by atoms with Gasteiger partial charge in [0.2, 0.25) is 20.2 Å². The maximum atomic E-state index is 12.2. The molecule has 5 heteroatoms. The van der Waals surface area contributed by atoms with Gasteiger partial charge in [0.25, 0.3) is 0 Å². The van der Waals surface area contributed by atoms with Crippen LogP contribution in [0.25, 0.3) is 0 Å². The van der Waals surface area contributed by atoms with Gasteiger partial charge in [-0.15, -0.1) is 0 Å². The summed E-state index contributed by atoms with van der Waals surface area (Å²) in [5, 5.41) is -0.248. The van der Waals surface area contributed by atoms with Crippen molar-refractivity contribution >= 4 is 26.2 Å². The van der Waals surface area contributed by atoms with E-state index in [0.29, 0.717) is 11.3 Å². The molecule has 1 aromatic rings. The molecule has 0 bridgehead atoms. The Bertz CT molecular complexity index is 481. The van der Waals surface area contributed by atoms with E-state index in [1.807, 2.05) is 45.9 Å². The van der Waals surface area contributed by atoms with Gasteiger partial charge in [0, 0.05) is 11.0 Å². The van der Waals surface area contributed by atoms with Gasteiger partial charge in [0.1, 0.15) is 5.75 Å². The Balaban J connectivity index is 2.85. The number of rotatable bonds is 6. The second-order valence-corrected chi connectivity index (χ2v) is 7.91. The smallest absolute Gasteiger partial charge is 0.339 e. The third-order valence-electron chi connectivity index (χ3n) is 3.82. The fraction of sp³-hybridized carbons (Fsp3) is 0.400. The number of hydrogen-bond acceptors (Lipinski definition) is 3. The molecule has 0 atom stereocenters. The van der Waals surface area contributed by atoms with Crippen LogP contribution in [-0.4, -0.2) is 26.2 Å². The van der Waals surface area contributed by atoms with Gasteiger partial charge in [0.15, 0.2) is 0 Å². The topological polar surface area (TPSA) is 35.5 Å². The standard InChI is InChI=1S/C15H19O3Si2/c1-11(14(2,3)15(4,5)20-18-19)13(16)17-12-9-7-6-8-10-12/h6-10H,1H2,2-5H3. The minimum atomic E-state index is -0.454. The predicted molar refractivity (Wildman–Crippen MR) is 81.6 cm³/mol. The summed E-state index contributed by atoms with van der Waals surface area (Å²) in [6.07, 6.45) is 0. The molecule has 20 heavy (non-hydrogen) atoms. The first-order valence-corrected chi connectivity index (χ1v) is 7.60. The van der Waals surface area contributed by atoms with Crippen molar-refractivity contribution in [3.8, 4) is 5.75 Å². The summed E-state index contributed by atoms with van der Waals surface area (Å²) in [4.78, 5) is 12.2. The number of carbonyl (C=O) groups is 1. The van der Waals surface area contributed by atoms with Crippen LogP contribution in [0.5, 0.6) is 5.75 Å². The number of para-hydroxylation sites is 1. The molecular weight excluding hydrogens is 284 g/mol. The highest BCUT2D eigenvalue weighted by atomic mass is 28.3. The van der Waals surface area contributed by atoms with Crippen molar-refractivity contribution in [2.24, 2.45) is 5.41 Å². The van der Waals surface area contributed by atoms with E-state index in [2.05, 4.69) is 17.1 Å². The van der Waals surface area contributed by atoms with Gasteiger partial charge in [0.05, 0.1) is 0 Å². The van der Waals surface area contributed by atoms with Crippen LogP contribution in [0.4, 0.5) is 0 Å². The molecule has 1 rings (SSSR count). The summed E-state index contributed by atoms with van der Waals surface area (Å²) in [7, 11) is 3.22. The molecule has 0 aliphatic carbocycles. The number of esters is 1. The Kier molecular flexibility index (Phi) is 5.50. The van der Waals surface area contributed by atoms with Crippen molar-refractivity contribution in [1.82, 2.24) is 0 Å². The molecule has 0 saturated heterocycles. The van der Waals surface area contributed by atoms with Crippen LogP contribution < -0.4 is 4.74 Å². The van der Waals surface area contributed by atoms with Crippen LogP contribution in [-0.2, 0) is 8.91 Å². The predicted octanol–water partition coefficient (Wildman–Crippen LogP) is 3.09. The molecule has 105 valence electrons. The average molecular weight is 303 g/mol. The van der Waals surface area contributed by atoms with Crippen LogP contribution >= 0.6 is 0 Å². The molecule has 0 aromatic heterocycles. The highest BCUT2D eigenvalue weighted by Crippen LogP contribution is 2.49. The molecule has 0 heterocycles. The van der Waals surface area contributed by atoms with Crippen LogP contribution in [0.15, 0.2) is 42.5 Å². The van der Waals surface area contributed by atoms with Crippen molar-refractivity contribution < 1.29 is 13.6 Å². The Labute approximate surface area is 126 Å². The second-order valence-electron chi connectivity index (χ2n) is 5.64. The number of ether oxygens (including phenoxy) is 1. The maximum Gasteiger partial charge on any atom is 0.339 e. The molecule has 0 aliphatic heterocycles. The van der Waals surface area contributed by atoms with Gasteiger partial charge in [-0.3, -0.25) is 0 Å². The van der Waals surface area contributed by atoms with Crippen molar-refractivity contribution in [1.29, 1.82) is 0 Å². The summed E-state index contributed by atoms with van der Waals surface area (Å²) >= 11 is 0. The molecule has 0 unspecified atom stereocenters. The molecule has 0 N–H and O–H groups in total. The lowest BCUT2D eigenvalue weighted by atomic mass is 9.74. The van der Waals surface area contributed by atoms with Crippen LogP contribution in [0.2, 0.25) is 5.04 Å².